The van der Waals surface area contributed by atoms with E-state index in [4.69, 9.17) is 14.2 Å². The topological polar surface area (TPSA) is 27.7 Å². The number of hydrogen-bond donors (Lipinski definition) is 0. The van der Waals surface area contributed by atoms with Crippen LogP contribution in [-0.2, 0) is 56.4 Å². The summed E-state index contributed by atoms with van der Waals surface area (Å²) in [6.45, 7) is 2.56. The molecule has 25 rings (SSSR count). The Labute approximate surface area is 803 Å². The highest BCUT2D eigenvalue weighted by molar-refractivity contribution is 7.98. The third-order valence-electron chi connectivity index (χ3n) is 29.7. The van der Waals surface area contributed by atoms with E-state index in [0.717, 1.165) is 60.7 Å². The van der Waals surface area contributed by atoms with Gasteiger partial charge in [-0.05, 0) is 283 Å². The van der Waals surface area contributed by atoms with Crippen molar-refractivity contribution in [1.29, 1.82) is 0 Å². The van der Waals surface area contributed by atoms with Gasteiger partial charge in [-0.2, -0.15) is 0 Å². The Balaban J connectivity index is 0.000000106. The maximum atomic E-state index is 6.55. The molecule has 7 heteroatoms. The Morgan fingerprint density at radius 3 is 1.13 bits per heavy atom. The molecular formula is C127H120O3S4+4. The number of ether oxygens (including phenoxy) is 3. The first-order chi connectivity index (χ1) is 66.5. The van der Waals surface area contributed by atoms with Crippen molar-refractivity contribution in [1.82, 2.24) is 0 Å². The predicted molar refractivity (Wildman–Crippen MR) is 573 cm³/mol. The number of rotatable bonds is 20. The van der Waals surface area contributed by atoms with Crippen molar-refractivity contribution in [2.24, 2.45) is 29.6 Å². The van der Waals surface area contributed by atoms with Crippen LogP contribution in [0.15, 0.2) is 431 Å². The van der Waals surface area contributed by atoms with E-state index < -0.39 is 0 Å². The van der Waals surface area contributed by atoms with Gasteiger partial charge in [0.05, 0.1) is 19.8 Å². The highest BCUT2D eigenvalue weighted by atomic mass is 32.2. The van der Waals surface area contributed by atoms with Crippen LogP contribution in [0.5, 0.6) is 17.2 Å². The minimum Gasteiger partial charge on any atom is -0.493 e. The molecule has 0 N–H and O–H groups in total. The fraction of sp³-hybridized carbons (Fsp3) is 0.244. The second kappa shape index (κ2) is 41.3. The van der Waals surface area contributed by atoms with E-state index in [2.05, 4.69) is 382 Å². The Hall–Kier alpha value is -11.7. The Bertz CT molecular complexity index is 7090. The van der Waals surface area contributed by atoms with E-state index in [0.29, 0.717) is 16.8 Å². The van der Waals surface area contributed by atoms with Gasteiger partial charge in [0.25, 0.3) is 0 Å². The van der Waals surface area contributed by atoms with Gasteiger partial charge in [-0.25, -0.2) is 0 Å². The van der Waals surface area contributed by atoms with E-state index >= 15 is 0 Å². The minimum atomic E-state index is -0.310. The molecule has 666 valence electrons. The fourth-order valence-corrected chi connectivity index (χ4v) is 33.0. The summed E-state index contributed by atoms with van der Waals surface area (Å²) in [5, 5.41) is 23.5. The van der Waals surface area contributed by atoms with Crippen molar-refractivity contribution in [2.75, 3.05) is 31.3 Å². The van der Waals surface area contributed by atoms with Crippen molar-refractivity contribution in [3.63, 3.8) is 0 Å². The van der Waals surface area contributed by atoms with Crippen molar-refractivity contribution < 1.29 is 14.2 Å². The average Bonchev–Trinajstić information content (AvgIpc) is 1.03. The molecule has 4 saturated carbocycles. The zero-order valence-corrected chi connectivity index (χ0v) is 80.3. The quantitative estimate of drug-likeness (QED) is 0.0712. The maximum Gasteiger partial charge on any atom is 0.174 e. The summed E-state index contributed by atoms with van der Waals surface area (Å²) in [6.07, 6.45) is 28.3. The van der Waals surface area contributed by atoms with Crippen LogP contribution in [0.4, 0.5) is 0 Å². The van der Waals surface area contributed by atoms with Gasteiger partial charge >= 0.3 is 0 Å². The molecule has 1 saturated heterocycles. The lowest BCUT2D eigenvalue weighted by atomic mass is 9.87. The molecule has 6 aliphatic rings. The molecule has 3 nitrogen and oxygen atoms in total. The van der Waals surface area contributed by atoms with E-state index in [1.807, 2.05) is 0 Å². The standard InChI is InChI=1S/C38H39OS.C37H33OS.C30H21S.C22H27OS/c1-2-11-28(12-3-1)25-26-39-36-23-24-38(35-19-9-8-18-34(35)36)40(32-22-21-29-13-4-5-15-31(29)27-32)37-20-10-16-30-14-6-7-17-33(30)37;1-2-12-27(13-3-1)26-38-34-24-25-37(33-21-9-8-20-32(33)34)39(35-22-10-16-28-14-4-6-18-30(28)35)36-23-11-17-29-15-5-7-19-31(29)36;1-4-16-25-22(10-1)13-7-19-28(25)31(29-20-8-14-23-11-2-5-17-26(23)29)30-21-9-15-24-12-3-6-18-27(24)30;1-2-6-20-19(5-1)21(9-10-22(20)24-11-3-4-12-24)23-15-18-14-16-7-8-17(18)13-16/h4-5,8-10,13,15-16,18-24,27-28H,1-3,6-7,11-12,14,17,25-26H2;4-11,14-25,27H,1-3,12-13,26H2;1-21H;1-2,5-6,9-10,16-18H,3-4,7-8,11-15H2/q4*+1. The summed E-state index contributed by atoms with van der Waals surface area (Å²) in [5.74, 6) is 10.2. The van der Waals surface area contributed by atoms with Gasteiger partial charge < -0.3 is 14.2 Å². The smallest absolute Gasteiger partial charge is 0.174 e. The first-order valence-electron chi connectivity index (χ1n) is 49.8. The van der Waals surface area contributed by atoms with Gasteiger partial charge in [0.15, 0.2) is 49.0 Å². The highest BCUT2D eigenvalue weighted by Crippen LogP contribution is 2.51. The summed E-state index contributed by atoms with van der Waals surface area (Å²) in [4.78, 5) is 14.1. The molecule has 4 atom stereocenters. The molecule has 134 heavy (non-hydrogen) atoms. The summed E-state index contributed by atoms with van der Waals surface area (Å²) in [5.41, 5.74) is 3.14. The van der Waals surface area contributed by atoms with Crippen LogP contribution in [-0.4, -0.2) is 31.3 Å². The molecule has 0 aromatic heterocycles. The molecule has 19 aromatic carbocycles. The Morgan fingerprint density at radius 2 is 0.642 bits per heavy atom. The number of benzene rings is 19. The largest absolute Gasteiger partial charge is 0.493 e. The van der Waals surface area contributed by atoms with Crippen molar-refractivity contribution in [3.8, 4) is 17.2 Å². The van der Waals surface area contributed by atoms with Crippen LogP contribution in [0.25, 0.3) is 97.0 Å². The van der Waals surface area contributed by atoms with Crippen LogP contribution in [0, 0.1) is 29.6 Å². The van der Waals surface area contributed by atoms with Crippen molar-refractivity contribution >= 4 is 141 Å². The van der Waals surface area contributed by atoms with Crippen LogP contribution >= 0.6 is 0 Å². The molecule has 0 amide bonds. The zero-order chi connectivity index (χ0) is 89.3. The van der Waals surface area contributed by atoms with E-state index in [1.54, 1.807) is 16.0 Å². The molecule has 4 unspecified atom stereocenters. The average molecular weight is 1820 g/mol. The monoisotopic (exact) mass is 1820 g/mol. The van der Waals surface area contributed by atoms with Crippen LogP contribution in [0.3, 0.4) is 0 Å². The number of hydrogen-bond acceptors (Lipinski definition) is 3. The summed E-state index contributed by atoms with van der Waals surface area (Å²) >= 11 is 0. The van der Waals surface area contributed by atoms with Gasteiger partial charge in [0, 0.05) is 81.8 Å². The Kier molecular flexibility index (Phi) is 27.0. The summed E-state index contributed by atoms with van der Waals surface area (Å²) < 4.78 is 19.4. The van der Waals surface area contributed by atoms with Gasteiger partial charge in [0.2, 0.25) is 0 Å². The second-order valence-corrected chi connectivity index (χ2v) is 46.1. The van der Waals surface area contributed by atoms with Gasteiger partial charge in [-0.3, -0.25) is 0 Å². The molecule has 1 aliphatic heterocycles. The van der Waals surface area contributed by atoms with E-state index in [1.165, 1.54) is 287 Å². The molecule has 5 fully saturated rings. The number of aryl methyl sites for hydroxylation is 1. The normalized spacial score (nSPS) is 17.1. The second-order valence-electron chi connectivity index (χ2n) is 38.0. The highest BCUT2D eigenvalue weighted by Gasteiger charge is 2.42. The summed E-state index contributed by atoms with van der Waals surface area (Å²) in [6, 6.07) is 141. The lowest BCUT2D eigenvalue weighted by Gasteiger charge is -2.22. The fourth-order valence-electron chi connectivity index (χ4n) is 22.9. The Morgan fingerprint density at radius 1 is 0.254 bits per heavy atom. The molecule has 0 spiro atoms. The third-order valence-corrected chi connectivity index (χ3v) is 39.4. The van der Waals surface area contributed by atoms with Gasteiger partial charge in [-0.15, -0.1) is 0 Å². The first-order valence-corrected chi connectivity index (χ1v) is 55.1. The molecule has 1 heterocycles. The predicted octanol–water partition coefficient (Wildman–Crippen LogP) is 34.2. The lowest BCUT2D eigenvalue weighted by molar-refractivity contribution is 0.197. The minimum absolute atomic E-state index is 0.208. The molecule has 2 bridgehead atoms. The van der Waals surface area contributed by atoms with Crippen LogP contribution in [0.2, 0.25) is 0 Å². The molecule has 0 radical (unpaired) electrons. The van der Waals surface area contributed by atoms with Crippen LogP contribution in [0.1, 0.15) is 133 Å². The molecule has 5 aliphatic carbocycles. The van der Waals surface area contributed by atoms with Crippen LogP contribution < -0.4 is 14.2 Å². The first kappa shape index (κ1) is 87.6. The van der Waals surface area contributed by atoms with Gasteiger partial charge in [-0.1, -0.05) is 300 Å². The maximum absolute atomic E-state index is 6.55. The molecule has 19 aromatic rings. The third kappa shape index (κ3) is 18.7. The zero-order valence-electron chi connectivity index (χ0n) is 77.0. The van der Waals surface area contributed by atoms with Gasteiger partial charge in [0.1, 0.15) is 61.4 Å². The lowest BCUT2D eigenvalue weighted by Crippen LogP contribution is -2.18. The van der Waals surface area contributed by atoms with E-state index in [-0.39, 0.29) is 32.7 Å². The van der Waals surface area contributed by atoms with Crippen molar-refractivity contribution in [2.45, 2.75) is 184 Å². The summed E-state index contributed by atoms with van der Waals surface area (Å²) in [7, 11) is -0.293. The molecular weight excluding hydrogens is 1700 g/mol. The number of fused-ring (bicyclic) bond motifs is 12. The SMILES string of the molecule is c1cc2c(c([S+](c3ccc4ccccc4c3)c3ccc(OCCC4CCCCC4)c4ccccc34)c1)CCCC2.c1ccc2c([S+](c3cccc4ccccc34)c3ccc(OCC4CCCCC4)c4ccccc34)cccc2c1.c1ccc2c([S+](c3cccc4ccccc34)c3cccc4ccccc34)cccc2c1.c1ccc2c([S+]3CCCC3)ccc(OCC3CC4CCC3C4)c2c1. The van der Waals surface area contributed by atoms with Crippen molar-refractivity contribution in [3.05, 3.63) is 393 Å². The van der Waals surface area contributed by atoms with E-state index in [9.17, 15) is 0 Å².